The highest BCUT2D eigenvalue weighted by Gasteiger charge is 2.10. The van der Waals surface area contributed by atoms with Gasteiger partial charge in [0.2, 0.25) is 5.43 Å². The fourth-order valence-electron chi connectivity index (χ4n) is 1.62. The Kier molecular flexibility index (Phi) is 4.69. The Balaban J connectivity index is 3.29. The van der Waals surface area contributed by atoms with Crippen LogP contribution in [0.5, 0.6) is 5.75 Å². The third-order valence-electron chi connectivity index (χ3n) is 2.43. The second-order valence-electron chi connectivity index (χ2n) is 3.56. The summed E-state index contributed by atoms with van der Waals surface area (Å²) in [6, 6.07) is 6.70. The molecular weight excluding hydrogens is 218 g/mol. The summed E-state index contributed by atoms with van der Waals surface area (Å²) >= 11 is 0. The highest BCUT2D eigenvalue weighted by molar-refractivity contribution is 5.69. The van der Waals surface area contributed by atoms with Gasteiger partial charge in [0.05, 0.1) is 5.69 Å². The minimum absolute atomic E-state index is 0.0735. The number of hydrogen-bond acceptors (Lipinski definition) is 4. The number of hydrogen-bond donors (Lipinski definition) is 0. The van der Waals surface area contributed by atoms with Crippen molar-refractivity contribution in [2.75, 3.05) is 18.0 Å². The van der Waals surface area contributed by atoms with Crippen molar-refractivity contribution in [3.8, 4) is 5.75 Å². The van der Waals surface area contributed by atoms with Gasteiger partial charge in [0.25, 0.3) is 0 Å². The van der Waals surface area contributed by atoms with Gasteiger partial charge in [-0.1, -0.05) is 12.1 Å². The van der Waals surface area contributed by atoms with Crippen molar-refractivity contribution < 1.29 is 9.53 Å². The van der Waals surface area contributed by atoms with E-state index in [1.807, 2.05) is 18.7 Å². The molecule has 0 aliphatic heterocycles. The zero-order valence-corrected chi connectivity index (χ0v) is 10.4. The third-order valence-corrected chi connectivity index (χ3v) is 2.43. The maximum absolute atomic E-state index is 12.1. The maximum atomic E-state index is 12.1. The molecule has 0 heterocycles. The number of carbonyl (C=O) groups excluding carboxylic acids is 1. The van der Waals surface area contributed by atoms with Gasteiger partial charge in [-0.2, -0.15) is 0 Å². The first kappa shape index (κ1) is 13.2. The van der Waals surface area contributed by atoms with E-state index >= 15 is 0 Å². The summed E-state index contributed by atoms with van der Waals surface area (Å²) in [5.74, 6) is -0.414. The van der Waals surface area contributed by atoms with E-state index in [9.17, 15) is 9.59 Å². The number of ether oxygens (including phenoxy) is 1. The first-order valence-electron chi connectivity index (χ1n) is 5.66. The fourth-order valence-corrected chi connectivity index (χ4v) is 1.62. The van der Waals surface area contributed by atoms with Gasteiger partial charge < -0.3 is 9.64 Å². The lowest BCUT2D eigenvalue weighted by molar-refractivity contribution is -0.131. The van der Waals surface area contributed by atoms with E-state index in [4.69, 9.17) is 4.74 Å². The molecule has 0 bridgehead atoms. The lowest BCUT2D eigenvalue weighted by Crippen LogP contribution is -2.27. The minimum atomic E-state index is -0.487. The Morgan fingerprint density at radius 1 is 1.24 bits per heavy atom. The smallest absolute Gasteiger partial charge is 0.308 e. The molecule has 1 rings (SSSR count). The van der Waals surface area contributed by atoms with Gasteiger partial charge in [0.15, 0.2) is 5.75 Å². The van der Waals surface area contributed by atoms with Crippen LogP contribution in [0.2, 0.25) is 0 Å². The van der Waals surface area contributed by atoms with E-state index in [1.54, 1.807) is 18.2 Å². The van der Waals surface area contributed by atoms with Crippen LogP contribution >= 0.6 is 0 Å². The number of rotatable bonds is 4. The summed E-state index contributed by atoms with van der Waals surface area (Å²) in [6.07, 6.45) is 0. The summed E-state index contributed by atoms with van der Waals surface area (Å²) in [7, 11) is 0. The number of esters is 1. The molecule has 0 saturated carbocycles. The van der Waals surface area contributed by atoms with Gasteiger partial charge in [0, 0.05) is 20.0 Å². The average Bonchev–Trinajstić information content (AvgIpc) is 2.45. The number of nitrogens with zero attached hydrogens (tertiary/aromatic N) is 1. The average molecular weight is 235 g/mol. The Labute approximate surface area is 101 Å². The minimum Gasteiger partial charge on any atom is -0.422 e. The molecule has 0 fully saturated rings. The Hall–Kier alpha value is -1.84. The molecule has 1 aromatic rings. The summed E-state index contributed by atoms with van der Waals surface area (Å²) in [5.41, 5.74) is 0.296. The van der Waals surface area contributed by atoms with Crippen LogP contribution in [0.1, 0.15) is 20.8 Å². The van der Waals surface area contributed by atoms with Crippen LogP contribution in [0.4, 0.5) is 5.69 Å². The zero-order valence-electron chi connectivity index (χ0n) is 10.4. The van der Waals surface area contributed by atoms with Crippen LogP contribution in [0.15, 0.2) is 29.1 Å². The predicted molar refractivity (Wildman–Crippen MR) is 67.6 cm³/mol. The van der Waals surface area contributed by atoms with Crippen LogP contribution in [-0.4, -0.2) is 19.1 Å². The monoisotopic (exact) mass is 235 g/mol. The number of carbonyl (C=O) groups is 1. The van der Waals surface area contributed by atoms with E-state index < -0.39 is 5.97 Å². The molecule has 0 saturated heterocycles. The van der Waals surface area contributed by atoms with E-state index in [0.717, 1.165) is 13.1 Å². The molecule has 4 nitrogen and oxygen atoms in total. The molecule has 0 N–H and O–H groups in total. The Morgan fingerprint density at radius 2 is 1.82 bits per heavy atom. The van der Waals surface area contributed by atoms with Gasteiger partial charge in [-0.15, -0.1) is 0 Å². The van der Waals surface area contributed by atoms with Gasteiger partial charge in [-0.25, -0.2) is 0 Å². The second-order valence-corrected chi connectivity index (χ2v) is 3.56. The maximum Gasteiger partial charge on any atom is 0.308 e. The summed E-state index contributed by atoms with van der Waals surface area (Å²) in [4.78, 5) is 25.0. The molecule has 0 unspecified atom stereocenters. The van der Waals surface area contributed by atoms with Crippen molar-refractivity contribution in [3.63, 3.8) is 0 Å². The molecule has 0 radical (unpaired) electrons. The first-order chi connectivity index (χ1) is 8.10. The van der Waals surface area contributed by atoms with Gasteiger partial charge >= 0.3 is 5.97 Å². The van der Waals surface area contributed by atoms with Crippen LogP contribution in [0.25, 0.3) is 0 Å². The van der Waals surface area contributed by atoms with Crippen molar-refractivity contribution in [2.24, 2.45) is 0 Å². The van der Waals surface area contributed by atoms with Crippen molar-refractivity contribution >= 4 is 11.7 Å². The van der Waals surface area contributed by atoms with Crippen LogP contribution < -0.4 is 15.1 Å². The van der Waals surface area contributed by atoms with Crippen LogP contribution in [0, 0.1) is 0 Å². The van der Waals surface area contributed by atoms with E-state index in [1.165, 1.54) is 13.0 Å². The van der Waals surface area contributed by atoms with Crippen molar-refractivity contribution in [1.29, 1.82) is 0 Å². The Bertz CT molecular complexity index is 453. The fraction of sp³-hybridized carbons (Fsp3) is 0.385. The lowest BCUT2D eigenvalue weighted by Gasteiger charge is -2.19. The quantitative estimate of drug-likeness (QED) is 0.747. The highest BCUT2D eigenvalue weighted by atomic mass is 16.5. The summed E-state index contributed by atoms with van der Waals surface area (Å²) in [6.45, 7) is 6.69. The van der Waals surface area contributed by atoms with Gasteiger partial charge in [-0.05, 0) is 26.0 Å². The molecule has 1 aromatic carbocycles. The van der Waals surface area contributed by atoms with Crippen molar-refractivity contribution in [1.82, 2.24) is 0 Å². The normalized spacial score (nSPS) is 9.82. The van der Waals surface area contributed by atoms with Gasteiger partial charge in [0.1, 0.15) is 0 Å². The van der Waals surface area contributed by atoms with E-state index in [2.05, 4.69) is 0 Å². The number of anilines is 1. The molecular formula is C13H17NO3. The molecule has 0 atom stereocenters. The largest absolute Gasteiger partial charge is 0.422 e. The molecule has 0 aliphatic carbocycles. The molecule has 0 aliphatic rings. The van der Waals surface area contributed by atoms with E-state index in [-0.39, 0.29) is 11.2 Å². The third kappa shape index (κ3) is 3.31. The van der Waals surface area contributed by atoms with Crippen LogP contribution in [0.3, 0.4) is 0 Å². The topological polar surface area (TPSA) is 46.6 Å². The Morgan fingerprint density at radius 3 is 2.35 bits per heavy atom. The zero-order chi connectivity index (χ0) is 12.8. The van der Waals surface area contributed by atoms with Crippen molar-refractivity contribution in [2.45, 2.75) is 20.8 Å². The van der Waals surface area contributed by atoms with Crippen LogP contribution in [-0.2, 0) is 4.79 Å². The van der Waals surface area contributed by atoms with E-state index in [0.29, 0.717) is 5.69 Å². The molecule has 0 aromatic heterocycles. The summed E-state index contributed by atoms with van der Waals surface area (Å²) in [5, 5.41) is 0. The SMILES string of the molecule is CCN(CC)c1ccccc(OC(C)=O)c1=O. The predicted octanol–water partition coefficient (Wildman–Crippen LogP) is 1.82. The summed E-state index contributed by atoms with van der Waals surface area (Å²) < 4.78 is 4.91. The highest BCUT2D eigenvalue weighted by Crippen LogP contribution is 2.12. The molecule has 0 amide bonds. The first-order valence-corrected chi connectivity index (χ1v) is 5.66. The lowest BCUT2D eigenvalue weighted by atomic mass is 10.3. The van der Waals surface area contributed by atoms with Crippen molar-refractivity contribution in [3.05, 3.63) is 34.5 Å². The van der Waals surface area contributed by atoms with Gasteiger partial charge in [-0.3, -0.25) is 9.59 Å². The molecule has 4 heteroatoms. The standard InChI is InChI=1S/C13H17NO3/c1-4-14(5-2)11-8-6-7-9-12(13(11)16)17-10(3)15/h6-9H,4-5H2,1-3H3. The molecule has 0 spiro atoms. The molecule has 17 heavy (non-hydrogen) atoms. The second kappa shape index (κ2) is 6.03. The molecule has 92 valence electrons.